The van der Waals surface area contributed by atoms with E-state index in [2.05, 4.69) is 0 Å². The van der Waals surface area contributed by atoms with Crippen LogP contribution in [0.3, 0.4) is 0 Å². The molecule has 0 radical (unpaired) electrons. The van der Waals surface area contributed by atoms with E-state index in [0.29, 0.717) is 32.9 Å². The summed E-state index contributed by atoms with van der Waals surface area (Å²) in [4.78, 5) is 25.9. The molecule has 0 bridgehead atoms. The fourth-order valence-corrected chi connectivity index (χ4v) is 4.42. The quantitative estimate of drug-likeness (QED) is 0.583. The molecule has 144 valence electrons. The topological polar surface area (TPSA) is 80.0 Å². The molecule has 0 spiro atoms. The van der Waals surface area contributed by atoms with Gasteiger partial charge in [-0.15, -0.1) is 0 Å². The Kier molecular flexibility index (Phi) is 5.34. The van der Waals surface area contributed by atoms with E-state index in [1.165, 1.54) is 17.8 Å². The average molecular weight is 415 g/mol. The normalized spacial score (nSPS) is 21.1. The molecule has 1 N–H and O–H groups in total. The molecule has 1 amide bonds. The average Bonchev–Trinajstić information content (AvgIpc) is 3.41. The van der Waals surface area contributed by atoms with Crippen LogP contribution in [0.1, 0.15) is 29.0 Å². The van der Waals surface area contributed by atoms with Gasteiger partial charge < -0.3 is 14.3 Å². The van der Waals surface area contributed by atoms with Crippen LogP contribution in [-0.4, -0.2) is 45.5 Å². The van der Waals surface area contributed by atoms with Crippen molar-refractivity contribution in [3.05, 3.63) is 52.6 Å². The van der Waals surface area contributed by atoms with E-state index in [1.807, 2.05) is 0 Å². The summed E-state index contributed by atoms with van der Waals surface area (Å²) in [5.74, 6) is -0.0996. The molecular weight excluding hydrogens is 398 g/mol. The van der Waals surface area contributed by atoms with Crippen LogP contribution < -0.4 is 0 Å². The number of nitrogens with zero attached hydrogens (tertiary/aromatic N) is 1. The van der Waals surface area contributed by atoms with Gasteiger partial charge in [-0.1, -0.05) is 36.1 Å². The summed E-state index contributed by atoms with van der Waals surface area (Å²) in [7, 11) is 0. The highest BCUT2D eigenvalue weighted by Crippen LogP contribution is 2.34. The Labute approximate surface area is 171 Å². The third kappa shape index (κ3) is 3.89. The Morgan fingerprint density at radius 2 is 2.21 bits per heavy atom. The SMILES string of the molecule is O=C(O)c1cccc(-c2ccc(/C=C3\SC(=S)N(C[C@@H]4CCCO4)C3=O)o2)c1. The standard InChI is InChI=1S/C20H17NO5S2/c22-18-17(28-20(27)21(18)11-15-5-2-8-25-15)10-14-6-7-16(26-14)12-3-1-4-13(9-12)19(23)24/h1,3-4,6-7,9-10,15H,2,5,8,11H2,(H,23,24)/b17-10-/t15-/m0/s1. The van der Waals surface area contributed by atoms with Crippen molar-refractivity contribution in [1.82, 2.24) is 4.90 Å². The Morgan fingerprint density at radius 1 is 1.36 bits per heavy atom. The number of furan rings is 1. The van der Waals surface area contributed by atoms with E-state index < -0.39 is 5.97 Å². The molecule has 8 heteroatoms. The molecule has 3 heterocycles. The van der Waals surface area contributed by atoms with Crippen LogP contribution >= 0.6 is 24.0 Å². The number of amides is 1. The zero-order valence-corrected chi connectivity index (χ0v) is 16.4. The van der Waals surface area contributed by atoms with Crippen molar-refractivity contribution >= 4 is 46.3 Å². The van der Waals surface area contributed by atoms with Gasteiger partial charge in [-0.3, -0.25) is 9.69 Å². The van der Waals surface area contributed by atoms with Gasteiger partial charge in [-0.05, 0) is 37.1 Å². The Morgan fingerprint density at radius 3 is 2.96 bits per heavy atom. The molecule has 2 aliphatic rings. The van der Waals surface area contributed by atoms with Crippen molar-refractivity contribution < 1.29 is 23.8 Å². The lowest BCUT2D eigenvalue weighted by Crippen LogP contribution is -2.35. The number of carboxylic acid groups (broad SMARTS) is 1. The largest absolute Gasteiger partial charge is 0.478 e. The van der Waals surface area contributed by atoms with Gasteiger partial charge in [0, 0.05) is 18.2 Å². The third-order valence-electron chi connectivity index (χ3n) is 4.58. The number of benzene rings is 1. The molecule has 0 saturated carbocycles. The van der Waals surface area contributed by atoms with Crippen molar-refractivity contribution in [1.29, 1.82) is 0 Å². The van der Waals surface area contributed by atoms with Crippen molar-refractivity contribution in [2.45, 2.75) is 18.9 Å². The first-order valence-electron chi connectivity index (χ1n) is 8.82. The molecule has 0 unspecified atom stereocenters. The molecular formula is C20H17NO5S2. The van der Waals surface area contributed by atoms with E-state index in [0.717, 1.165) is 19.4 Å². The molecule has 6 nitrogen and oxygen atoms in total. The van der Waals surface area contributed by atoms with Gasteiger partial charge in [0.15, 0.2) is 0 Å². The lowest BCUT2D eigenvalue weighted by atomic mass is 10.1. The van der Waals surface area contributed by atoms with Crippen LogP contribution in [0.4, 0.5) is 0 Å². The number of hydrogen-bond donors (Lipinski definition) is 1. The lowest BCUT2D eigenvalue weighted by molar-refractivity contribution is -0.123. The number of rotatable bonds is 5. The van der Waals surface area contributed by atoms with Gasteiger partial charge in [-0.25, -0.2) is 4.79 Å². The first-order valence-corrected chi connectivity index (χ1v) is 10.0. The summed E-state index contributed by atoms with van der Waals surface area (Å²) >= 11 is 6.60. The second kappa shape index (κ2) is 7.90. The maximum Gasteiger partial charge on any atom is 0.335 e. The second-order valence-corrected chi connectivity index (χ2v) is 8.19. The van der Waals surface area contributed by atoms with Crippen LogP contribution in [0.25, 0.3) is 17.4 Å². The highest BCUT2D eigenvalue weighted by molar-refractivity contribution is 8.26. The van der Waals surface area contributed by atoms with E-state index in [1.54, 1.807) is 41.3 Å². The Balaban J connectivity index is 1.52. The summed E-state index contributed by atoms with van der Waals surface area (Å²) in [6, 6.07) is 10.0. The maximum absolute atomic E-state index is 12.7. The molecule has 2 saturated heterocycles. The zero-order valence-electron chi connectivity index (χ0n) is 14.8. The van der Waals surface area contributed by atoms with Crippen LogP contribution in [-0.2, 0) is 9.53 Å². The predicted molar refractivity (Wildman–Crippen MR) is 110 cm³/mol. The summed E-state index contributed by atoms with van der Waals surface area (Å²) < 4.78 is 11.9. The Hall–Kier alpha value is -2.42. The van der Waals surface area contributed by atoms with Gasteiger partial charge in [0.2, 0.25) is 0 Å². The molecule has 0 aliphatic carbocycles. The monoisotopic (exact) mass is 415 g/mol. The maximum atomic E-state index is 12.7. The van der Waals surface area contributed by atoms with Crippen molar-refractivity contribution in [3.8, 4) is 11.3 Å². The molecule has 4 rings (SSSR count). The number of carbonyl (C=O) groups is 2. The molecule has 2 aliphatic heterocycles. The van der Waals surface area contributed by atoms with Crippen molar-refractivity contribution in [3.63, 3.8) is 0 Å². The van der Waals surface area contributed by atoms with E-state index >= 15 is 0 Å². The van der Waals surface area contributed by atoms with Crippen LogP contribution in [0.15, 0.2) is 45.7 Å². The van der Waals surface area contributed by atoms with Gasteiger partial charge in [0.1, 0.15) is 15.8 Å². The zero-order chi connectivity index (χ0) is 19.7. The summed E-state index contributed by atoms with van der Waals surface area (Å²) in [6.07, 6.45) is 3.65. The number of thiocarbonyl (C=S) groups is 1. The number of aromatic carboxylic acids is 1. The first kappa shape index (κ1) is 18.9. The van der Waals surface area contributed by atoms with E-state index in [-0.39, 0.29) is 17.6 Å². The van der Waals surface area contributed by atoms with Gasteiger partial charge in [0.25, 0.3) is 5.91 Å². The minimum Gasteiger partial charge on any atom is -0.478 e. The van der Waals surface area contributed by atoms with E-state index in [4.69, 9.17) is 26.5 Å². The Bertz CT molecular complexity index is 974. The highest BCUT2D eigenvalue weighted by Gasteiger charge is 2.34. The number of carboxylic acids is 1. The number of hydrogen-bond acceptors (Lipinski definition) is 6. The molecule has 1 aromatic heterocycles. The molecule has 2 fully saturated rings. The number of carbonyl (C=O) groups excluding carboxylic acids is 1. The molecule has 1 atom stereocenters. The van der Waals surface area contributed by atoms with Crippen LogP contribution in [0, 0.1) is 0 Å². The molecule has 1 aromatic carbocycles. The van der Waals surface area contributed by atoms with Gasteiger partial charge in [0.05, 0.1) is 23.1 Å². The minimum absolute atomic E-state index is 0.0403. The lowest BCUT2D eigenvalue weighted by Gasteiger charge is -2.18. The molecule has 2 aromatic rings. The summed E-state index contributed by atoms with van der Waals surface area (Å²) in [5, 5.41) is 9.13. The van der Waals surface area contributed by atoms with Crippen molar-refractivity contribution in [2.24, 2.45) is 0 Å². The highest BCUT2D eigenvalue weighted by atomic mass is 32.2. The predicted octanol–water partition coefficient (Wildman–Crippen LogP) is 4.03. The van der Waals surface area contributed by atoms with Gasteiger partial charge >= 0.3 is 5.97 Å². The second-order valence-electron chi connectivity index (χ2n) is 6.52. The first-order chi connectivity index (χ1) is 13.5. The fraction of sp³-hybridized carbons (Fsp3) is 0.250. The number of thioether (sulfide) groups is 1. The van der Waals surface area contributed by atoms with Crippen molar-refractivity contribution in [2.75, 3.05) is 13.2 Å². The smallest absolute Gasteiger partial charge is 0.335 e. The molecule has 28 heavy (non-hydrogen) atoms. The van der Waals surface area contributed by atoms with Gasteiger partial charge in [-0.2, -0.15) is 0 Å². The fourth-order valence-electron chi connectivity index (χ4n) is 3.17. The number of ether oxygens (including phenoxy) is 1. The van der Waals surface area contributed by atoms with E-state index in [9.17, 15) is 9.59 Å². The van der Waals surface area contributed by atoms with Crippen LogP contribution in [0.2, 0.25) is 0 Å². The van der Waals surface area contributed by atoms with Crippen LogP contribution in [0.5, 0.6) is 0 Å². The minimum atomic E-state index is -0.997. The summed E-state index contributed by atoms with van der Waals surface area (Å²) in [5.41, 5.74) is 0.843. The third-order valence-corrected chi connectivity index (χ3v) is 5.96. The summed E-state index contributed by atoms with van der Waals surface area (Å²) in [6.45, 7) is 1.21.